The molecule has 3 saturated heterocycles. The summed E-state index contributed by atoms with van der Waals surface area (Å²) in [5.41, 5.74) is 10.7. The number of rotatable bonds is 18. The number of ether oxygens (including phenoxy) is 6. The number of para-hydroxylation sites is 2. The molecular weight excluding hydrogens is 1560 g/mol. The number of aromatic nitrogens is 3. The maximum absolute atomic E-state index is 13.7. The van der Waals surface area contributed by atoms with Crippen molar-refractivity contribution in [2.24, 2.45) is 22.7 Å². The number of halogens is 7. The number of anilines is 1. The van der Waals surface area contributed by atoms with Gasteiger partial charge in [-0.05, 0) is 198 Å². The van der Waals surface area contributed by atoms with Crippen molar-refractivity contribution in [1.29, 1.82) is 5.26 Å². The molecule has 3 fully saturated rings. The maximum atomic E-state index is 13.7. The van der Waals surface area contributed by atoms with E-state index in [2.05, 4.69) is 84.0 Å². The first-order chi connectivity index (χ1) is 53.3. The van der Waals surface area contributed by atoms with Crippen molar-refractivity contribution in [3.63, 3.8) is 0 Å². The van der Waals surface area contributed by atoms with Gasteiger partial charge in [-0.25, -0.2) is 23.9 Å². The molecule has 2 amide bonds. The fourth-order valence-corrected chi connectivity index (χ4v) is 14.5. The zero-order valence-electron chi connectivity index (χ0n) is 71.3. The van der Waals surface area contributed by atoms with E-state index < -0.39 is 42.6 Å². The van der Waals surface area contributed by atoms with E-state index in [1.54, 1.807) is 67.4 Å². The summed E-state index contributed by atoms with van der Waals surface area (Å²) in [7, 11) is -4.02. The fourth-order valence-electron chi connectivity index (χ4n) is 14.5. The topological polar surface area (TPSA) is 322 Å². The number of morpholine rings is 1. The van der Waals surface area contributed by atoms with Crippen LogP contribution in [0.1, 0.15) is 192 Å². The summed E-state index contributed by atoms with van der Waals surface area (Å²) < 4.78 is 94.6. The number of ketones is 1. The SMILES string of the molecule is CC(C1CCN(C(=O)OC(C)(C)C)CC1)N1c2ccccc2C(C(=O)O)C1C.CCN(C(C)C)C(C)C.CCOC(=O)/C(C#N)=N/OC(N1CCOCC1)=[N+](C)C.COc1cc(C)[nH]c(=O)c1CCC(=O)c1c(C)n(C(C)C2CCN(C(=O)OC(C)(C)C)CC2)c2ccccc12.COc1cc(C)[nH]c(=O)c1CN.Cl.F[P-](F)(F)(F)(F)F. The molecule has 7 heterocycles. The van der Waals surface area contributed by atoms with Gasteiger partial charge < -0.3 is 68.5 Å². The van der Waals surface area contributed by atoms with Crippen LogP contribution < -0.4 is 31.2 Å². The van der Waals surface area contributed by atoms with E-state index in [1.165, 1.54) is 14.2 Å². The number of carboxylic acid groups (broad SMARTS) is 1. The summed E-state index contributed by atoms with van der Waals surface area (Å²) in [6.45, 7) is 42.8. The number of carbonyl (C=O) groups is 5. The van der Waals surface area contributed by atoms with Crippen molar-refractivity contribution in [1.82, 2.24) is 34.1 Å². The van der Waals surface area contributed by atoms with Crippen LogP contribution >= 0.6 is 20.2 Å². The van der Waals surface area contributed by atoms with E-state index in [9.17, 15) is 63.8 Å². The molecule has 4 atom stereocenters. The monoisotopic (exact) mass is 1680 g/mol. The Morgan fingerprint density at radius 3 is 1.60 bits per heavy atom. The Bertz CT molecular complexity index is 4310. The van der Waals surface area contributed by atoms with Gasteiger partial charge in [-0.15, -0.1) is 12.4 Å². The van der Waals surface area contributed by atoms with Crippen molar-refractivity contribution >= 4 is 78.4 Å². The van der Waals surface area contributed by atoms with Crippen LogP contribution in [0.2, 0.25) is 0 Å². The number of nitrogens with two attached hydrogens (primary N) is 1. The van der Waals surface area contributed by atoms with Crippen LogP contribution in [-0.2, 0) is 46.3 Å². The first-order valence-corrected chi connectivity index (χ1v) is 40.8. The molecule has 4 unspecified atom stereocenters. The number of benzene rings is 2. The molecule has 9 rings (SSSR count). The number of H-pyrrole nitrogens is 2. The molecule has 0 aliphatic carbocycles. The number of nitrogens with zero attached hydrogens (tertiary/aromatic N) is 9. The number of hydrogen-bond donors (Lipinski definition) is 4. The van der Waals surface area contributed by atoms with Gasteiger partial charge in [-0.1, -0.05) is 48.5 Å². The number of nitrogens with one attached hydrogen (secondary N) is 2. The molecule has 0 radical (unpaired) electrons. The third kappa shape index (κ3) is 31.5. The molecular formula is C81H124ClF6N12O15P. The van der Waals surface area contributed by atoms with Gasteiger partial charge in [-0.3, -0.25) is 28.9 Å². The van der Waals surface area contributed by atoms with Crippen LogP contribution in [-0.4, -0.2) is 215 Å². The van der Waals surface area contributed by atoms with Gasteiger partial charge in [0.15, 0.2) is 5.78 Å². The van der Waals surface area contributed by atoms with Gasteiger partial charge in [0.05, 0.1) is 59.3 Å². The number of carboxylic acids is 1. The Morgan fingerprint density at radius 1 is 0.724 bits per heavy atom. The average molecular weight is 1690 g/mol. The number of aliphatic carboxylic acids is 1. The summed E-state index contributed by atoms with van der Waals surface area (Å²) in [6, 6.07) is 23.2. The molecule has 652 valence electrons. The van der Waals surface area contributed by atoms with E-state index in [0.29, 0.717) is 117 Å². The second-order valence-electron chi connectivity index (χ2n) is 31.4. The second-order valence-corrected chi connectivity index (χ2v) is 33.3. The van der Waals surface area contributed by atoms with Gasteiger partial charge in [0.25, 0.3) is 16.8 Å². The van der Waals surface area contributed by atoms with Crippen LogP contribution in [0.4, 0.5) is 40.5 Å². The zero-order valence-corrected chi connectivity index (χ0v) is 73.0. The molecule has 0 saturated carbocycles. The van der Waals surface area contributed by atoms with Crippen molar-refractivity contribution < 1.29 is 92.1 Å². The second kappa shape index (κ2) is 43.5. The molecule has 27 nitrogen and oxygen atoms in total. The molecule has 116 heavy (non-hydrogen) atoms. The molecule has 0 spiro atoms. The van der Waals surface area contributed by atoms with E-state index >= 15 is 0 Å². The molecule has 35 heteroatoms. The number of carbonyl (C=O) groups excluding carboxylic acids is 4. The number of amidine groups is 1. The third-order valence-electron chi connectivity index (χ3n) is 19.6. The van der Waals surface area contributed by atoms with Crippen LogP contribution in [0, 0.1) is 43.9 Å². The number of nitriles is 1. The van der Waals surface area contributed by atoms with Crippen LogP contribution in [0.5, 0.6) is 11.5 Å². The summed E-state index contributed by atoms with van der Waals surface area (Å²) in [4.78, 5) is 107. The van der Waals surface area contributed by atoms with E-state index in [1.807, 2.05) is 103 Å². The van der Waals surface area contributed by atoms with Gasteiger partial charge in [-0.2, -0.15) is 5.26 Å². The molecule has 2 aromatic carbocycles. The molecule has 5 N–H and O–H groups in total. The minimum atomic E-state index is -10.7. The Hall–Kier alpha value is -8.96. The van der Waals surface area contributed by atoms with Gasteiger partial charge in [0, 0.05) is 109 Å². The van der Waals surface area contributed by atoms with Gasteiger partial charge in [0.1, 0.15) is 47.8 Å². The number of fused-ring (bicyclic) bond motifs is 2. The Kier molecular flexibility index (Phi) is 37.9. The number of aromatic amines is 2. The number of esters is 1. The number of pyridine rings is 2. The van der Waals surface area contributed by atoms with Crippen molar-refractivity contribution in [3.05, 3.63) is 121 Å². The average Bonchev–Trinajstić information content (AvgIpc) is 1.63. The van der Waals surface area contributed by atoms with E-state index in [-0.39, 0.29) is 79.2 Å². The van der Waals surface area contributed by atoms with Crippen molar-refractivity contribution in [2.75, 3.05) is 98.8 Å². The number of piperidine rings is 2. The number of Topliss-reactive ketones (excluding diaryl/α,β-unsaturated/α-hetero) is 1. The Balaban J connectivity index is 0.000000395. The molecule has 0 bridgehead atoms. The number of aryl methyl sites for hydroxylation is 2. The first kappa shape index (κ1) is 101. The van der Waals surface area contributed by atoms with Gasteiger partial charge >= 0.3 is 63.1 Å². The number of hydrogen-bond acceptors (Lipinski definition) is 19. The van der Waals surface area contributed by atoms with E-state index in [4.69, 9.17) is 44.3 Å². The number of oxime groups is 1. The molecule has 5 aromatic rings. The van der Waals surface area contributed by atoms with Crippen molar-refractivity contribution in [2.45, 2.75) is 217 Å². The Morgan fingerprint density at radius 2 is 1.18 bits per heavy atom. The van der Waals surface area contributed by atoms with Crippen LogP contribution in [0.3, 0.4) is 0 Å². The van der Waals surface area contributed by atoms with Crippen LogP contribution in [0.25, 0.3) is 10.9 Å². The summed E-state index contributed by atoms with van der Waals surface area (Å²) in [6.07, 6.45) is 3.53. The normalized spacial score (nSPS) is 17.0. The zero-order chi connectivity index (χ0) is 87.1. The number of methoxy groups -OCH3 is 2. The molecule has 4 aliphatic heterocycles. The summed E-state index contributed by atoms with van der Waals surface area (Å²) in [5.74, 6) is -0.229. The van der Waals surface area contributed by atoms with Crippen molar-refractivity contribution in [3.8, 4) is 17.6 Å². The fraction of sp³-hybridized carbons (Fsp3) is 0.605. The molecule has 3 aromatic heterocycles. The predicted molar refractivity (Wildman–Crippen MR) is 442 cm³/mol. The number of likely N-dealkylation sites (tertiary alicyclic amines) is 2. The predicted octanol–water partition coefficient (Wildman–Crippen LogP) is 15.6. The van der Waals surface area contributed by atoms with Crippen LogP contribution in [0.15, 0.2) is 75.4 Å². The third-order valence-corrected chi connectivity index (χ3v) is 19.6. The Labute approximate surface area is 683 Å². The standard InChI is InChI=1S/C31H41N3O5.C22H32N2O4.C12H19N4O4.C8H12N2O2.C8H19N.ClH.F6P/c1-19-18-27(38-7)24(29(36)32-19)12-13-26(35)28-21(3)34(25-11-9-8-10-23(25)28)20(2)22-14-16-33(17-15-22)30(37)39-31(4,5)6;1-14(16-10-12-23(13-11-16)21(27)28-22(3,4)5)24-15(2)19(20(25)26)17-8-6-7-9-18(17)24;1-4-19-11(17)10(9-13)14-20-12(15(2)3)16-5-7-18-8-6-16;1-5-3-7(12-2)6(4-9)8(11)10-5;1-6-9(7(2)3)8(4)5;;1-7(2,3,4,5)6/h8-11,18,20,22H,12-17H2,1-7H3,(H,32,36);6-9,14-16,19H,10-13H2,1-5H3,(H,25,26);4-8H2,1-3H3;3H,4,9H2,1-2H3,(H,10,11);7-8H,6H2,1-5H3;1H;/q;;+1;;;;-1/b;;14-10+;;;;. The summed E-state index contributed by atoms with van der Waals surface area (Å²) in [5, 5.41) is 23.1. The minimum absolute atomic E-state index is 0. The number of amides is 2. The van der Waals surface area contributed by atoms with E-state index in [0.717, 1.165) is 71.5 Å². The first-order valence-electron chi connectivity index (χ1n) is 38.8. The van der Waals surface area contributed by atoms with Gasteiger partial charge in [0.2, 0.25) is 0 Å². The summed E-state index contributed by atoms with van der Waals surface area (Å²) >= 11 is 0. The molecule has 4 aliphatic rings. The quantitative estimate of drug-likeness (QED) is 0.00729.